The van der Waals surface area contributed by atoms with E-state index in [1.807, 2.05) is 24.3 Å². The first-order chi connectivity index (χ1) is 11.9. The summed E-state index contributed by atoms with van der Waals surface area (Å²) < 4.78 is 8.46. The molecule has 2 aromatic heterocycles. The lowest BCUT2D eigenvalue weighted by molar-refractivity contribution is 0.464. The second kappa shape index (κ2) is 6.70. The summed E-state index contributed by atoms with van der Waals surface area (Å²) in [5.74, 6) is 0.280. The molecule has 10 heteroatoms. The molecule has 0 bridgehead atoms. The zero-order valence-corrected chi connectivity index (χ0v) is 15.5. The topological polar surface area (TPSA) is 107 Å². The lowest BCUT2D eigenvalue weighted by Gasteiger charge is -2.08. The molecule has 0 aliphatic heterocycles. The summed E-state index contributed by atoms with van der Waals surface area (Å²) in [6.07, 6.45) is 0. The van der Waals surface area contributed by atoms with E-state index in [-0.39, 0.29) is 21.7 Å². The molecule has 25 heavy (non-hydrogen) atoms. The molecule has 0 saturated heterocycles. The molecule has 3 rings (SSSR count). The fourth-order valence-electron chi connectivity index (χ4n) is 2.12. The van der Waals surface area contributed by atoms with E-state index in [1.165, 1.54) is 18.7 Å². The fraction of sp³-hybridized carbons (Fsp3) is 0.133. The van der Waals surface area contributed by atoms with Crippen molar-refractivity contribution in [1.29, 1.82) is 5.26 Å². The van der Waals surface area contributed by atoms with Crippen molar-refractivity contribution in [2.24, 2.45) is 14.1 Å². The van der Waals surface area contributed by atoms with Crippen LogP contribution in [-0.2, 0) is 14.1 Å². The Bertz CT molecular complexity index is 1130. The minimum absolute atomic E-state index is 0.116. The average molecular weight is 420 g/mol. The van der Waals surface area contributed by atoms with Crippen LogP contribution in [0.5, 0.6) is 0 Å². The molecule has 0 spiro atoms. The molecule has 0 atom stereocenters. The Morgan fingerprint density at radius 2 is 1.92 bits per heavy atom. The van der Waals surface area contributed by atoms with Crippen LogP contribution in [0.3, 0.4) is 0 Å². The zero-order valence-electron chi connectivity index (χ0n) is 13.1. The van der Waals surface area contributed by atoms with Gasteiger partial charge in [0.05, 0.1) is 5.56 Å². The third-order valence-electron chi connectivity index (χ3n) is 3.42. The van der Waals surface area contributed by atoms with Crippen molar-refractivity contribution >= 4 is 27.7 Å². The summed E-state index contributed by atoms with van der Waals surface area (Å²) in [6, 6.07) is 9.16. The van der Waals surface area contributed by atoms with Crippen LogP contribution in [0, 0.1) is 11.3 Å². The fourth-order valence-corrected chi connectivity index (χ4v) is 3.39. The van der Waals surface area contributed by atoms with E-state index in [0.717, 1.165) is 20.8 Å². The molecule has 126 valence electrons. The van der Waals surface area contributed by atoms with Crippen molar-refractivity contribution < 1.29 is 4.42 Å². The minimum atomic E-state index is -0.668. The number of rotatable bonds is 3. The van der Waals surface area contributed by atoms with Crippen LogP contribution in [0.1, 0.15) is 5.56 Å². The largest absolute Gasteiger partial charge is 0.411 e. The minimum Gasteiger partial charge on any atom is -0.411 e. The number of hydrogen-bond acceptors (Lipinski definition) is 7. The van der Waals surface area contributed by atoms with Crippen LogP contribution < -0.4 is 11.2 Å². The molecule has 0 saturated carbocycles. The molecule has 0 amide bonds. The van der Waals surface area contributed by atoms with Crippen LogP contribution in [-0.4, -0.2) is 19.3 Å². The average Bonchev–Trinajstić information content (AvgIpc) is 3.07. The van der Waals surface area contributed by atoms with Gasteiger partial charge in [0.15, 0.2) is 0 Å². The number of nitriles is 1. The second-order valence-corrected chi connectivity index (χ2v) is 6.75. The van der Waals surface area contributed by atoms with Crippen molar-refractivity contribution in [2.45, 2.75) is 10.2 Å². The summed E-state index contributed by atoms with van der Waals surface area (Å²) in [7, 11) is 2.79. The monoisotopic (exact) mass is 419 g/mol. The van der Waals surface area contributed by atoms with Gasteiger partial charge in [0.1, 0.15) is 16.7 Å². The predicted octanol–water partition coefficient (Wildman–Crippen LogP) is 1.92. The Kier molecular flexibility index (Phi) is 4.61. The molecule has 0 N–H and O–H groups in total. The molecule has 1 aromatic carbocycles. The highest BCUT2D eigenvalue weighted by Gasteiger charge is 2.20. The number of aromatic nitrogens is 4. The Labute approximate surface area is 153 Å². The van der Waals surface area contributed by atoms with Crippen molar-refractivity contribution in [2.75, 3.05) is 0 Å². The van der Waals surface area contributed by atoms with Gasteiger partial charge < -0.3 is 4.42 Å². The van der Waals surface area contributed by atoms with E-state index in [0.29, 0.717) is 5.56 Å². The van der Waals surface area contributed by atoms with Gasteiger partial charge in [-0.15, -0.1) is 10.2 Å². The number of nitrogens with zero attached hydrogens (tertiary/aromatic N) is 5. The van der Waals surface area contributed by atoms with Crippen LogP contribution >= 0.6 is 27.7 Å². The first kappa shape index (κ1) is 17.2. The van der Waals surface area contributed by atoms with Crippen LogP contribution in [0.25, 0.3) is 11.5 Å². The van der Waals surface area contributed by atoms with Gasteiger partial charge in [0.2, 0.25) is 5.89 Å². The third-order valence-corrected chi connectivity index (χ3v) is 5.12. The van der Waals surface area contributed by atoms with Crippen molar-refractivity contribution in [3.63, 3.8) is 0 Å². The van der Waals surface area contributed by atoms with Crippen molar-refractivity contribution in [1.82, 2.24) is 19.3 Å². The second-order valence-electron chi connectivity index (χ2n) is 4.95. The zero-order chi connectivity index (χ0) is 18.1. The van der Waals surface area contributed by atoms with Gasteiger partial charge in [0.25, 0.3) is 10.8 Å². The normalized spacial score (nSPS) is 10.6. The summed E-state index contributed by atoms with van der Waals surface area (Å²) in [5, 5.41) is 17.4. The molecular weight excluding hydrogens is 410 g/mol. The maximum atomic E-state index is 12.1. The SMILES string of the molecule is Cn1c(Sc2nnc(-c3ccccc3Br)o2)c(C#N)c(=O)n(C)c1=O. The highest BCUT2D eigenvalue weighted by molar-refractivity contribution is 9.10. The maximum absolute atomic E-state index is 12.1. The van der Waals surface area contributed by atoms with E-state index in [1.54, 1.807) is 6.07 Å². The van der Waals surface area contributed by atoms with E-state index in [4.69, 9.17) is 4.42 Å². The van der Waals surface area contributed by atoms with Crippen LogP contribution in [0.4, 0.5) is 0 Å². The van der Waals surface area contributed by atoms with Crippen LogP contribution in [0.2, 0.25) is 0 Å². The Morgan fingerprint density at radius 3 is 2.60 bits per heavy atom. The van der Waals surface area contributed by atoms with E-state index in [2.05, 4.69) is 26.1 Å². The van der Waals surface area contributed by atoms with E-state index < -0.39 is 11.2 Å². The lowest BCUT2D eigenvalue weighted by atomic mass is 10.2. The van der Waals surface area contributed by atoms with Gasteiger partial charge in [0, 0.05) is 18.6 Å². The summed E-state index contributed by atoms with van der Waals surface area (Å²) in [4.78, 5) is 24.2. The quantitative estimate of drug-likeness (QED) is 0.596. The molecule has 0 aliphatic carbocycles. The molecule has 2 heterocycles. The van der Waals surface area contributed by atoms with E-state index in [9.17, 15) is 14.9 Å². The first-order valence-corrected chi connectivity index (χ1v) is 8.51. The smallest absolute Gasteiger partial charge is 0.331 e. The summed E-state index contributed by atoms with van der Waals surface area (Å²) in [6.45, 7) is 0. The molecular formula is C15H10BrN5O3S. The van der Waals surface area contributed by atoms with Crippen molar-refractivity contribution in [3.8, 4) is 17.5 Å². The molecule has 0 aliphatic rings. The molecule has 0 unspecified atom stereocenters. The molecule has 8 nitrogen and oxygen atoms in total. The van der Waals surface area contributed by atoms with Gasteiger partial charge in [-0.2, -0.15) is 5.26 Å². The van der Waals surface area contributed by atoms with Gasteiger partial charge >= 0.3 is 5.69 Å². The highest BCUT2D eigenvalue weighted by Crippen LogP contribution is 2.32. The summed E-state index contributed by atoms with van der Waals surface area (Å²) in [5.41, 5.74) is -0.661. The predicted molar refractivity (Wildman–Crippen MR) is 93.2 cm³/mol. The molecule has 3 aromatic rings. The maximum Gasteiger partial charge on any atom is 0.331 e. The van der Waals surface area contributed by atoms with Crippen LogP contribution in [0.15, 0.2) is 53.0 Å². The van der Waals surface area contributed by atoms with Crippen molar-refractivity contribution in [3.05, 3.63) is 55.1 Å². The molecule has 0 radical (unpaired) electrons. The number of hydrogen-bond donors (Lipinski definition) is 0. The lowest BCUT2D eigenvalue weighted by Crippen LogP contribution is -2.39. The Hall–Kier alpha value is -2.64. The van der Waals surface area contributed by atoms with E-state index >= 15 is 0 Å². The standard InChI is InChI=1S/C15H10BrN5O3S/c1-20-12(22)9(7-17)13(21(2)15(20)23)25-14-19-18-11(24-14)8-5-3-4-6-10(8)16/h3-6H,1-2H3. The van der Waals surface area contributed by atoms with Gasteiger partial charge in [-0.25, -0.2) is 4.79 Å². The van der Waals surface area contributed by atoms with Gasteiger partial charge in [-0.1, -0.05) is 12.1 Å². The number of benzene rings is 1. The Morgan fingerprint density at radius 1 is 1.20 bits per heavy atom. The molecule has 0 fully saturated rings. The third kappa shape index (κ3) is 3.04. The van der Waals surface area contributed by atoms with Gasteiger partial charge in [-0.05, 0) is 39.8 Å². The first-order valence-electron chi connectivity index (χ1n) is 6.90. The Balaban J connectivity index is 2.06. The summed E-state index contributed by atoms with van der Waals surface area (Å²) >= 11 is 4.30. The van der Waals surface area contributed by atoms with Gasteiger partial charge in [-0.3, -0.25) is 13.9 Å². The number of halogens is 1. The highest BCUT2D eigenvalue weighted by atomic mass is 79.9.